The van der Waals surface area contributed by atoms with Crippen molar-refractivity contribution in [1.82, 2.24) is 5.32 Å². The zero-order valence-electron chi connectivity index (χ0n) is 12.0. The third-order valence-corrected chi connectivity index (χ3v) is 4.61. The first-order valence-electron chi connectivity index (χ1n) is 7.25. The maximum Gasteiger partial charge on any atom is 0.270 e. The molecule has 2 atom stereocenters. The van der Waals surface area contributed by atoms with Gasteiger partial charge >= 0.3 is 0 Å². The van der Waals surface area contributed by atoms with Crippen molar-refractivity contribution >= 4 is 17.9 Å². The second kappa shape index (κ2) is 6.20. The maximum atomic E-state index is 12.0. The lowest BCUT2D eigenvalue weighted by molar-refractivity contribution is -0.120. The summed E-state index contributed by atoms with van der Waals surface area (Å²) >= 11 is 0. The van der Waals surface area contributed by atoms with E-state index in [0.717, 1.165) is 25.5 Å². The second-order valence-electron chi connectivity index (χ2n) is 5.96. The summed E-state index contributed by atoms with van der Waals surface area (Å²) in [7, 11) is 1.53. The van der Waals surface area contributed by atoms with Gasteiger partial charge < -0.3 is 15.8 Å². The Kier molecular flexibility index (Phi) is 4.57. The first-order valence-corrected chi connectivity index (χ1v) is 7.25. The average Bonchev–Trinajstić information content (AvgIpc) is 3.20. The zero-order chi connectivity index (χ0) is 14.6. The van der Waals surface area contributed by atoms with Gasteiger partial charge in [0.2, 0.25) is 0 Å². The molecule has 2 unspecified atom stereocenters. The Morgan fingerprint density at radius 3 is 2.75 bits per heavy atom. The van der Waals surface area contributed by atoms with Crippen molar-refractivity contribution in [2.75, 3.05) is 7.05 Å². The molecule has 0 aromatic rings. The summed E-state index contributed by atoms with van der Waals surface area (Å²) in [5.74, 6) is -0.0746. The normalized spacial score (nSPS) is 26.4. The average molecular weight is 277 g/mol. The Hall–Kier alpha value is -1.65. The van der Waals surface area contributed by atoms with Crippen LogP contribution in [0.3, 0.4) is 0 Å². The standard InChI is InChI=1S/C15H23N3O2/c1-17-12(4-8-16)14(20)18-13(10-19)11-3-2-5-15(9-11)6-7-15/h4,8,10-11,13H,2-3,5-7,9,16H2,1H3,(H,18,20)/b8-4-,17-12?. The minimum Gasteiger partial charge on any atom is -0.405 e. The molecule has 0 radical (unpaired) electrons. The largest absolute Gasteiger partial charge is 0.405 e. The number of nitrogens with one attached hydrogen (secondary N) is 1. The molecule has 20 heavy (non-hydrogen) atoms. The van der Waals surface area contributed by atoms with Gasteiger partial charge in [0.1, 0.15) is 12.0 Å². The third kappa shape index (κ3) is 3.26. The van der Waals surface area contributed by atoms with E-state index in [1.807, 2.05) is 0 Å². The van der Waals surface area contributed by atoms with Gasteiger partial charge in [-0.1, -0.05) is 6.42 Å². The highest BCUT2D eigenvalue weighted by Crippen LogP contribution is 2.57. The van der Waals surface area contributed by atoms with Gasteiger partial charge in [0.25, 0.3) is 5.91 Å². The molecule has 2 aliphatic carbocycles. The quantitative estimate of drug-likeness (QED) is 0.584. The smallest absolute Gasteiger partial charge is 0.270 e. The SMILES string of the molecule is CN=C(/C=C\N)C(=O)NC(C=O)C1CCCC2(CC2)C1. The fourth-order valence-electron chi connectivity index (χ4n) is 3.27. The molecule has 0 bridgehead atoms. The van der Waals surface area contributed by atoms with Crippen molar-refractivity contribution in [3.05, 3.63) is 12.3 Å². The van der Waals surface area contributed by atoms with Gasteiger partial charge in [-0.25, -0.2) is 0 Å². The van der Waals surface area contributed by atoms with Crippen LogP contribution in [0.1, 0.15) is 38.5 Å². The Bertz CT molecular complexity index is 438. The van der Waals surface area contributed by atoms with Crippen LogP contribution in [-0.2, 0) is 9.59 Å². The van der Waals surface area contributed by atoms with Crippen molar-refractivity contribution in [2.24, 2.45) is 22.1 Å². The van der Waals surface area contributed by atoms with E-state index in [4.69, 9.17) is 5.73 Å². The lowest BCUT2D eigenvalue weighted by Crippen LogP contribution is -2.45. The Labute approximate surface area is 119 Å². The number of carbonyl (C=O) groups excluding carboxylic acids is 2. The van der Waals surface area contributed by atoms with Crippen LogP contribution >= 0.6 is 0 Å². The van der Waals surface area contributed by atoms with Gasteiger partial charge in [-0.3, -0.25) is 9.79 Å². The van der Waals surface area contributed by atoms with Crippen molar-refractivity contribution in [3.63, 3.8) is 0 Å². The van der Waals surface area contributed by atoms with Gasteiger partial charge in [0.05, 0.1) is 6.04 Å². The van der Waals surface area contributed by atoms with Gasteiger partial charge in [-0.15, -0.1) is 0 Å². The highest BCUT2D eigenvalue weighted by atomic mass is 16.2. The van der Waals surface area contributed by atoms with E-state index in [2.05, 4.69) is 10.3 Å². The van der Waals surface area contributed by atoms with E-state index in [1.54, 1.807) is 0 Å². The molecule has 1 amide bonds. The van der Waals surface area contributed by atoms with Crippen LogP contribution < -0.4 is 11.1 Å². The van der Waals surface area contributed by atoms with Crippen LogP contribution in [0.2, 0.25) is 0 Å². The van der Waals surface area contributed by atoms with Crippen LogP contribution in [0.15, 0.2) is 17.3 Å². The van der Waals surface area contributed by atoms with E-state index < -0.39 is 6.04 Å². The first kappa shape index (κ1) is 14.8. The minimum atomic E-state index is -0.414. The number of hydrogen-bond acceptors (Lipinski definition) is 4. The van der Waals surface area contributed by atoms with Crippen molar-refractivity contribution in [1.29, 1.82) is 0 Å². The lowest BCUT2D eigenvalue weighted by Gasteiger charge is -2.32. The molecule has 1 spiro atoms. The van der Waals surface area contributed by atoms with E-state index >= 15 is 0 Å². The highest BCUT2D eigenvalue weighted by Gasteiger charge is 2.47. The molecule has 2 fully saturated rings. The van der Waals surface area contributed by atoms with Crippen LogP contribution in [0.25, 0.3) is 0 Å². The molecule has 0 aromatic heterocycles. The van der Waals surface area contributed by atoms with Gasteiger partial charge in [-0.2, -0.15) is 0 Å². The predicted octanol–water partition coefficient (Wildman–Crippen LogP) is 1.18. The second-order valence-corrected chi connectivity index (χ2v) is 5.96. The van der Waals surface area contributed by atoms with Crippen LogP contribution in [0, 0.1) is 11.3 Å². The fraction of sp³-hybridized carbons (Fsp3) is 0.667. The number of hydrogen-bond donors (Lipinski definition) is 2. The summed E-state index contributed by atoms with van der Waals surface area (Å²) in [4.78, 5) is 27.3. The number of aldehydes is 1. The summed E-state index contributed by atoms with van der Waals surface area (Å²) < 4.78 is 0. The van der Waals surface area contributed by atoms with Crippen molar-refractivity contribution in [2.45, 2.75) is 44.6 Å². The molecule has 0 aliphatic heterocycles. The summed E-state index contributed by atoms with van der Waals surface area (Å²) in [6.07, 6.45) is 10.6. The molecular formula is C15H23N3O2. The molecule has 2 rings (SSSR count). The molecule has 3 N–H and O–H groups in total. The van der Waals surface area contributed by atoms with Gasteiger partial charge in [-0.05, 0) is 55.7 Å². The summed E-state index contributed by atoms with van der Waals surface area (Å²) in [5.41, 5.74) is 6.01. The van der Waals surface area contributed by atoms with Crippen LogP contribution in [0.5, 0.6) is 0 Å². The molecule has 5 heteroatoms. The topological polar surface area (TPSA) is 84.5 Å². The number of amides is 1. The first-order chi connectivity index (χ1) is 9.64. The fourth-order valence-corrected chi connectivity index (χ4v) is 3.27. The Morgan fingerprint density at radius 1 is 1.45 bits per heavy atom. The monoisotopic (exact) mass is 277 g/mol. The van der Waals surface area contributed by atoms with Gasteiger partial charge in [0, 0.05) is 7.05 Å². The molecule has 2 aliphatic rings. The van der Waals surface area contributed by atoms with Gasteiger partial charge in [0.15, 0.2) is 0 Å². The zero-order valence-corrected chi connectivity index (χ0v) is 12.0. The summed E-state index contributed by atoms with van der Waals surface area (Å²) in [6.45, 7) is 0. The molecule has 0 heterocycles. The molecule has 0 aromatic carbocycles. The van der Waals surface area contributed by atoms with Crippen LogP contribution in [0.4, 0.5) is 0 Å². The maximum absolute atomic E-state index is 12.0. The summed E-state index contributed by atoms with van der Waals surface area (Å²) in [6, 6.07) is -0.414. The minimum absolute atomic E-state index is 0.247. The number of carbonyl (C=O) groups is 2. The highest BCUT2D eigenvalue weighted by molar-refractivity contribution is 6.43. The Morgan fingerprint density at radius 2 is 2.20 bits per heavy atom. The number of aliphatic imine (C=N–C) groups is 1. The van der Waals surface area contributed by atoms with E-state index in [1.165, 1.54) is 38.6 Å². The number of rotatable bonds is 5. The number of nitrogens with two attached hydrogens (primary N) is 1. The third-order valence-electron chi connectivity index (χ3n) is 4.61. The van der Waals surface area contributed by atoms with E-state index in [0.29, 0.717) is 5.41 Å². The van der Waals surface area contributed by atoms with Crippen molar-refractivity contribution < 1.29 is 9.59 Å². The molecule has 5 nitrogen and oxygen atoms in total. The van der Waals surface area contributed by atoms with E-state index in [9.17, 15) is 9.59 Å². The molecule has 110 valence electrons. The predicted molar refractivity (Wildman–Crippen MR) is 78.3 cm³/mol. The molecule has 2 saturated carbocycles. The van der Waals surface area contributed by atoms with Crippen LogP contribution in [-0.4, -0.2) is 31.0 Å². The molecular weight excluding hydrogens is 254 g/mol. The number of nitrogens with zero attached hydrogens (tertiary/aromatic N) is 1. The van der Waals surface area contributed by atoms with Crippen molar-refractivity contribution in [3.8, 4) is 0 Å². The lowest BCUT2D eigenvalue weighted by atomic mass is 9.76. The Balaban J connectivity index is 1.98. The molecule has 0 saturated heterocycles. The van der Waals surface area contributed by atoms with E-state index in [-0.39, 0.29) is 17.5 Å². The summed E-state index contributed by atoms with van der Waals surface area (Å²) in [5, 5.41) is 2.79.